The Morgan fingerprint density at radius 1 is 0.291 bits per heavy atom. The highest BCUT2D eigenvalue weighted by atomic mass is 15.2. The third-order valence-electron chi connectivity index (χ3n) is 24.3. The van der Waals surface area contributed by atoms with Crippen molar-refractivity contribution >= 4 is 101 Å². The average Bonchev–Trinajstić information content (AvgIpc) is 1.28. The second-order valence-electron chi connectivity index (χ2n) is 36.5. The summed E-state index contributed by atoms with van der Waals surface area (Å²) in [5.74, 6) is 0. The van der Waals surface area contributed by atoms with Crippen molar-refractivity contribution in [2.24, 2.45) is 0 Å². The Hall–Kier alpha value is -10.1. The molecule has 18 rings (SSSR count). The SMILES string of the molecule is CC(C)(C)c1ccc2c(c1)c1cc(C(C)(C)C)ccc1n2-c1ccc2c(c1)N(c1ccc(-c3ccc4c(c3)C(C)(C)CC4(C)C)cc1)c1cc(-n3c4ccccc4c4ccccc43)cc3c1B2c1ccc(-c2ccccc2C(C)(C)C)cc1N3c1ccc(-c2ccc3c(c2)C(C)(C)CC3(C)C)cc1. The van der Waals surface area contributed by atoms with Crippen LogP contribution in [0.1, 0.15) is 169 Å². The molecular weight excluding hydrogens is 1240 g/mol. The summed E-state index contributed by atoms with van der Waals surface area (Å²) in [6.45, 7) is 40.3. The highest BCUT2D eigenvalue weighted by Crippen LogP contribution is 2.54. The Labute approximate surface area is 610 Å². The molecule has 4 aliphatic rings. The lowest BCUT2D eigenvalue weighted by Crippen LogP contribution is -2.61. The van der Waals surface area contributed by atoms with Crippen LogP contribution in [0.2, 0.25) is 0 Å². The van der Waals surface area contributed by atoms with Gasteiger partial charge in [0.15, 0.2) is 0 Å². The fourth-order valence-electron chi connectivity index (χ4n) is 19.7. The molecule has 0 N–H and O–H groups in total. The minimum Gasteiger partial charge on any atom is -0.311 e. The van der Waals surface area contributed by atoms with Gasteiger partial charge in [-0.05, 0) is 230 Å². The van der Waals surface area contributed by atoms with Crippen LogP contribution in [0, 0.1) is 0 Å². The monoisotopic (exact) mass is 1340 g/mol. The van der Waals surface area contributed by atoms with Crippen molar-refractivity contribution in [2.75, 3.05) is 9.80 Å². The molecule has 0 saturated heterocycles. The van der Waals surface area contributed by atoms with E-state index in [4.69, 9.17) is 0 Å². The molecule has 0 unspecified atom stereocenters. The topological polar surface area (TPSA) is 16.3 Å². The van der Waals surface area contributed by atoms with Crippen LogP contribution >= 0.6 is 0 Å². The van der Waals surface area contributed by atoms with Gasteiger partial charge in [0.25, 0.3) is 6.71 Å². The molecule has 4 nitrogen and oxygen atoms in total. The van der Waals surface area contributed by atoms with Crippen molar-refractivity contribution < 1.29 is 0 Å². The van der Waals surface area contributed by atoms with Crippen LogP contribution in [0.25, 0.3) is 88.4 Å². The van der Waals surface area contributed by atoms with E-state index in [1.54, 1.807) is 0 Å². The van der Waals surface area contributed by atoms with E-state index in [1.165, 1.54) is 138 Å². The zero-order valence-corrected chi connectivity index (χ0v) is 63.4. The van der Waals surface area contributed by atoms with E-state index in [2.05, 4.69) is 379 Å². The van der Waals surface area contributed by atoms with Crippen molar-refractivity contribution in [3.8, 4) is 44.8 Å². The minimum atomic E-state index is -0.158. The molecule has 0 saturated carbocycles. The molecule has 0 fully saturated rings. The first-order valence-corrected chi connectivity index (χ1v) is 37.7. The molecule has 12 aromatic carbocycles. The third kappa shape index (κ3) is 10.1. The van der Waals surface area contributed by atoms with Crippen LogP contribution in [0.4, 0.5) is 34.1 Å². The van der Waals surface area contributed by atoms with Crippen molar-refractivity contribution in [2.45, 2.75) is 168 Å². The number of para-hydroxylation sites is 2. The van der Waals surface area contributed by atoms with E-state index >= 15 is 0 Å². The number of hydrogen-bond donors (Lipinski definition) is 0. The molecule has 5 heteroatoms. The van der Waals surface area contributed by atoms with Gasteiger partial charge in [-0.1, -0.05) is 269 Å². The lowest BCUT2D eigenvalue weighted by Gasteiger charge is -2.45. The molecule has 103 heavy (non-hydrogen) atoms. The normalized spacial score (nSPS) is 16.2. The maximum Gasteiger partial charge on any atom is 0.252 e. The standard InChI is InChI=1S/C98H95BN4/c1-92(2,3)65-37-48-85-74(53-65)75-54-66(93(4,5)6)38-49-86(75)102(85)69-43-47-82-88(55-69)101(68-41-32-61(33-42-68)63-35-45-78-80(51-63)98(16,17)59-96(78,12)13)90-57-70(103-83-28-22-19-25-72(83)73-26-20-23-29-84(73)103)56-89-91(90)99(82)81-46-36-64(71-24-18-21-27-76(71)94(7,8)9)52-87(81)100(89)67-39-30-60(31-40-67)62-34-44-77-79(50-62)97(14,15)58-95(77,10)11/h18-57H,58-59H2,1-17H3. The summed E-state index contributed by atoms with van der Waals surface area (Å²) >= 11 is 0. The number of fused-ring (bicyclic) bond motifs is 12. The van der Waals surface area contributed by atoms with Gasteiger partial charge in [-0.15, -0.1) is 0 Å². The molecule has 2 aliphatic carbocycles. The summed E-state index contributed by atoms with van der Waals surface area (Å²) in [6, 6.07) is 95.3. The number of anilines is 6. The molecule has 510 valence electrons. The molecule has 0 amide bonds. The molecule has 4 heterocycles. The van der Waals surface area contributed by atoms with Crippen molar-refractivity contribution in [3.63, 3.8) is 0 Å². The highest BCUT2D eigenvalue weighted by molar-refractivity contribution is 7.00. The molecule has 2 aliphatic heterocycles. The number of rotatable bonds is 7. The van der Waals surface area contributed by atoms with E-state index < -0.39 is 0 Å². The lowest BCUT2D eigenvalue weighted by atomic mass is 9.33. The molecule has 0 bridgehead atoms. The zero-order chi connectivity index (χ0) is 71.6. The largest absolute Gasteiger partial charge is 0.311 e. The molecule has 14 aromatic rings. The average molecular weight is 1340 g/mol. The number of aromatic nitrogens is 2. The predicted octanol–water partition coefficient (Wildman–Crippen LogP) is 24.8. The summed E-state index contributed by atoms with van der Waals surface area (Å²) in [6.07, 6.45) is 2.26. The van der Waals surface area contributed by atoms with E-state index in [-0.39, 0.29) is 44.6 Å². The van der Waals surface area contributed by atoms with E-state index in [0.29, 0.717) is 0 Å². The Bertz CT molecular complexity index is 5760. The van der Waals surface area contributed by atoms with Gasteiger partial charge in [0.05, 0.1) is 27.8 Å². The Balaban J connectivity index is 0.928. The number of hydrogen-bond acceptors (Lipinski definition) is 2. The fourth-order valence-corrected chi connectivity index (χ4v) is 19.7. The van der Waals surface area contributed by atoms with Crippen LogP contribution in [-0.2, 0) is 37.9 Å². The van der Waals surface area contributed by atoms with Crippen LogP contribution in [0.15, 0.2) is 243 Å². The van der Waals surface area contributed by atoms with E-state index in [9.17, 15) is 0 Å². The van der Waals surface area contributed by atoms with Crippen molar-refractivity contribution in [1.82, 2.24) is 9.13 Å². The molecule has 0 radical (unpaired) electrons. The first kappa shape index (κ1) is 65.0. The second-order valence-corrected chi connectivity index (χ2v) is 36.5. The predicted molar refractivity (Wildman–Crippen MR) is 443 cm³/mol. The highest BCUT2D eigenvalue weighted by Gasteiger charge is 2.46. The van der Waals surface area contributed by atoms with Gasteiger partial charge < -0.3 is 18.9 Å². The van der Waals surface area contributed by atoms with Gasteiger partial charge in [-0.3, -0.25) is 0 Å². The van der Waals surface area contributed by atoms with E-state index in [1.807, 2.05) is 0 Å². The van der Waals surface area contributed by atoms with Crippen molar-refractivity contribution in [1.29, 1.82) is 0 Å². The summed E-state index contributed by atoms with van der Waals surface area (Å²) < 4.78 is 5.10. The maximum atomic E-state index is 2.64. The molecule has 0 atom stereocenters. The van der Waals surface area contributed by atoms with Crippen LogP contribution in [-0.4, -0.2) is 15.8 Å². The summed E-state index contributed by atoms with van der Waals surface area (Å²) in [5.41, 5.74) is 35.2. The molecule has 0 spiro atoms. The van der Waals surface area contributed by atoms with Crippen LogP contribution < -0.4 is 26.2 Å². The third-order valence-corrected chi connectivity index (χ3v) is 24.3. The minimum absolute atomic E-state index is 0.0335. The lowest BCUT2D eigenvalue weighted by molar-refractivity contribution is 0.402. The van der Waals surface area contributed by atoms with Gasteiger partial charge in [-0.2, -0.15) is 0 Å². The van der Waals surface area contributed by atoms with Crippen LogP contribution in [0.3, 0.4) is 0 Å². The smallest absolute Gasteiger partial charge is 0.252 e. The summed E-state index contributed by atoms with van der Waals surface area (Å²) in [5, 5.41) is 5.03. The zero-order valence-electron chi connectivity index (χ0n) is 63.4. The van der Waals surface area contributed by atoms with Gasteiger partial charge in [0.2, 0.25) is 0 Å². The first-order valence-electron chi connectivity index (χ1n) is 37.7. The summed E-state index contributed by atoms with van der Waals surface area (Å²) in [7, 11) is 0. The molecular formula is C98H95BN4. The van der Waals surface area contributed by atoms with Gasteiger partial charge in [0, 0.05) is 61.4 Å². The fraction of sp³-hybridized carbons (Fsp3) is 0.265. The number of nitrogens with zero attached hydrogens (tertiary/aromatic N) is 4. The van der Waals surface area contributed by atoms with Gasteiger partial charge in [-0.25, -0.2) is 0 Å². The Kier molecular flexibility index (Phi) is 14.0. The maximum absolute atomic E-state index is 2.64. The summed E-state index contributed by atoms with van der Waals surface area (Å²) in [4.78, 5) is 5.28. The Morgan fingerprint density at radius 3 is 1.17 bits per heavy atom. The Morgan fingerprint density at radius 2 is 0.680 bits per heavy atom. The quantitative estimate of drug-likeness (QED) is 0.148. The first-order chi connectivity index (χ1) is 48.9. The van der Waals surface area contributed by atoms with Gasteiger partial charge in [0.1, 0.15) is 0 Å². The van der Waals surface area contributed by atoms with Gasteiger partial charge >= 0.3 is 0 Å². The number of benzene rings is 12. The van der Waals surface area contributed by atoms with Crippen molar-refractivity contribution in [3.05, 3.63) is 282 Å². The molecule has 2 aromatic heterocycles. The van der Waals surface area contributed by atoms with Crippen LogP contribution in [0.5, 0.6) is 0 Å². The second kappa shape index (κ2) is 22.2. The van der Waals surface area contributed by atoms with E-state index in [0.717, 1.165) is 52.7 Å².